The summed E-state index contributed by atoms with van der Waals surface area (Å²) in [5.41, 5.74) is 2.26. The second kappa shape index (κ2) is 5.34. The fraction of sp³-hybridized carbons (Fsp3) is 0.700. The van der Waals surface area contributed by atoms with Crippen molar-refractivity contribution in [2.45, 2.75) is 20.8 Å². The number of methoxy groups -OCH3 is 1. The maximum Gasteiger partial charge on any atom is 0.316 e. The van der Waals surface area contributed by atoms with E-state index in [1.54, 1.807) is 0 Å². The van der Waals surface area contributed by atoms with E-state index in [2.05, 4.69) is 16.3 Å². The van der Waals surface area contributed by atoms with Crippen LogP contribution in [-0.2, 0) is 18.6 Å². The number of carbonyl (C=O) groups is 1. The first-order chi connectivity index (χ1) is 6.72. The minimum atomic E-state index is -3.20. The minimum Gasteiger partial charge on any atom is -0.469 e. The van der Waals surface area contributed by atoms with E-state index >= 15 is 0 Å². The van der Waals surface area contributed by atoms with Gasteiger partial charge in [0.05, 0.1) is 7.11 Å². The minimum absolute atomic E-state index is 0.274. The summed E-state index contributed by atoms with van der Waals surface area (Å²) < 4.78 is 21.1. The van der Waals surface area contributed by atoms with Crippen molar-refractivity contribution in [3.8, 4) is 11.6 Å². The van der Waals surface area contributed by atoms with Crippen LogP contribution in [0.1, 0.15) is 20.8 Å². The lowest BCUT2D eigenvalue weighted by atomic mass is 9.99. The van der Waals surface area contributed by atoms with Gasteiger partial charge in [-0.25, -0.2) is 0 Å². The van der Waals surface area contributed by atoms with Crippen LogP contribution in [0.4, 0.5) is 0 Å². The molecule has 5 heteroatoms. The number of carbonyl (C=O) groups excluding carboxylic acids is 1. The standard InChI is InChI=1S/C10H17O4P/c1-10(2,3)6-7-15(12,14-5)8-9(11)13-4/h8H2,1-5H3. The number of esters is 1. The zero-order valence-electron chi connectivity index (χ0n) is 9.79. The highest BCUT2D eigenvalue weighted by molar-refractivity contribution is 7.65. The maximum absolute atomic E-state index is 11.9. The van der Waals surface area contributed by atoms with Crippen LogP contribution in [0.15, 0.2) is 0 Å². The molecule has 0 bridgehead atoms. The quantitative estimate of drug-likeness (QED) is 0.424. The van der Waals surface area contributed by atoms with Gasteiger partial charge in [-0.3, -0.25) is 9.36 Å². The molecule has 0 amide bonds. The van der Waals surface area contributed by atoms with Crippen LogP contribution in [0.5, 0.6) is 0 Å². The van der Waals surface area contributed by atoms with Crippen molar-refractivity contribution in [1.82, 2.24) is 0 Å². The summed E-state index contributed by atoms with van der Waals surface area (Å²) in [6, 6.07) is 0. The lowest BCUT2D eigenvalue weighted by Crippen LogP contribution is -2.08. The van der Waals surface area contributed by atoms with Crippen LogP contribution >= 0.6 is 7.37 Å². The van der Waals surface area contributed by atoms with Crippen LogP contribution in [0.25, 0.3) is 0 Å². The predicted octanol–water partition coefficient (Wildman–Crippen LogP) is 2.09. The Bertz CT molecular complexity index is 330. The van der Waals surface area contributed by atoms with E-state index in [-0.39, 0.29) is 11.6 Å². The molecule has 0 saturated carbocycles. The lowest BCUT2D eigenvalue weighted by molar-refractivity contribution is -0.137. The Morgan fingerprint density at radius 2 is 1.87 bits per heavy atom. The fourth-order valence-corrected chi connectivity index (χ4v) is 1.91. The van der Waals surface area contributed by atoms with Gasteiger partial charge in [-0.05, 0) is 26.4 Å². The van der Waals surface area contributed by atoms with Gasteiger partial charge in [0, 0.05) is 12.5 Å². The number of hydrogen-bond acceptors (Lipinski definition) is 4. The Kier molecular flexibility index (Phi) is 5.07. The summed E-state index contributed by atoms with van der Waals surface area (Å²) in [6.07, 6.45) is -0.302. The molecule has 4 nitrogen and oxygen atoms in total. The molecule has 0 aromatic heterocycles. The van der Waals surface area contributed by atoms with E-state index in [9.17, 15) is 9.36 Å². The largest absolute Gasteiger partial charge is 0.469 e. The van der Waals surface area contributed by atoms with E-state index in [4.69, 9.17) is 4.52 Å². The predicted molar refractivity (Wildman–Crippen MR) is 58.7 cm³/mol. The summed E-state index contributed by atoms with van der Waals surface area (Å²) in [5, 5.41) is 0. The van der Waals surface area contributed by atoms with E-state index in [0.717, 1.165) is 0 Å². The van der Waals surface area contributed by atoms with Crippen LogP contribution in [0.2, 0.25) is 0 Å². The van der Waals surface area contributed by atoms with Crippen molar-refractivity contribution in [3.05, 3.63) is 0 Å². The van der Waals surface area contributed by atoms with Crippen LogP contribution in [0, 0.1) is 17.0 Å². The van der Waals surface area contributed by atoms with Gasteiger partial charge in [0.1, 0.15) is 6.16 Å². The van der Waals surface area contributed by atoms with E-state index in [1.807, 2.05) is 20.8 Å². The average Bonchev–Trinajstić information content (AvgIpc) is 2.14. The third-order valence-corrected chi connectivity index (χ3v) is 3.18. The fourth-order valence-electron chi connectivity index (χ4n) is 0.637. The second-order valence-electron chi connectivity index (χ2n) is 4.08. The van der Waals surface area contributed by atoms with Gasteiger partial charge in [0.15, 0.2) is 0 Å². The molecule has 0 fully saturated rings. The Morgan fingerprint density at radius 3 is 2.20 bits per heavy atom. The number of ether oxygens (including phenoxy) is 1. The third kappa shape index (κ3) is 6.33. The average molecular weight is 232 g/mol. The van der Waals surface area contributed by atoms with E-state index in [0.29, 0.717) is 0 Å². The van der Waals surface area contributed by atoms with Crippen LogP contribution in [-0.4, -0.2) is 26.4 Å². The molecular formula is C10H17O4P. The topological polar surface area (TPSA) is 52.6 Å². The first-order valence-electron chi connectivity index (χ1n) is 4.48. The van der Waals surface area contributed by atoms with Crippen molar-refractivity contribution >= 4 is 13.3 Å². The Morgan fingerprint density at radius 1 is 1.33 bits per heavy atom. The summed E-state index contributed by atoms with van der Waals surface area (Å²) in [4.78, 5) is 11.0. The number of rotatable bonds is 3. The molecule has 1 atom stereocenters. The molecule has 1 unspecified atom stereocenters. The van der Waals surface area contributed by atoms with Gasteiger partial charge >= 0.3 is 5.97 Å². The van der Waals surface area contributed by atoms with Gasteiger partial charge in [-0.15, -0.1) is 0 Å². The molecule has 0 heterocycles. The highest BCUT2D eigenvalue weighted by Gasteiger charge is 2.24. The summed E-state index contributed by atoms with van der Waals surface area (Å²) >= 11 is 0. The van der Waals surface area contributed by atoms with Gasteiger partial charge < -0.3 is 9.26 Å². The van der Waals surface area contributed by atoms with Crippen molar-refractivity contribution < 1.29 is 18.6 Å². The molecule has 15 heavy (non-hydrogen) atoms. The van der Waals surface area contributed by atoms with Crippen molar-refractivity contribution in [3.63, 3.8) is 0 Å². The first-order valence-corrected chi connectivity index (χ1v) is 6.29. The SMILES string of the molecule is COC(=O)CP(=O)(C#CC(C)(C)C)OC. The van der Waals surface area contributed by atoms with Gasteiger partial charge in [-0.2, -0.15) is 0 Å². The maximum atomic E-state index is 11.9. The first kappa shape index (κ1) is 14.2. The molecule has 0 saturated heterocycles. The molecular weight excluding hydrogens is 215 g/mol. The molecule has 0 aromatic rings. The number of hydrogen-bond donors (Lipinski definition) is 0. The molecule has 0 aliphatic rings. The molecule has 0 N–H and O–H groups in total. The van der Waals surface area contributed by atoms with Crippen molar-refractivity contribution in [1.29, 1.82) is 0 Å². The van der Waals surface area contributed by atoms with Crippen LogP contribution < -0.4 is 0 Å². The molecule has 0 spiro atoms. The summed E-state index contributed by atoms with van der Waals surface area (Å²) in [7, 11) is -0.691. The van der Waals surface area contributed by atoms with Gasteiger partial charge in [0.2, 0.25) is 0 Å². The van der Waals surface area contributed by atoms with Gasteiger partial charge in [-0.1, -0.05) is 5.92 Å². The zero-order chi connectivity index (χ0) is 12.1. The van der Waals surface area contributed by atoms with Crippen molar-refractivity contribution in [2.75, 3.05) is 20.4 Å². The highest BCUT2D eigenvalue weighted by atomic mass is 31.2. The lowest BCUT2D eigenvalue weighted by Gasteiger charge is -2.11. The van der Waals surface area contributed by atoms with E-state index < -0.39 is 13.3 Å². The summed E-state index contributed by atoms with van der Waals surface area (Å²) in [6.45, 7) is 5.66. The second-order valence-corrected chi connectivity index (χ2v) is 6.33. The monoisotopic (exact) mass is 232 g/mol. The molecule has 86 valence electrons. The molecule has 0 aromatic carbocycles. The molecule has 0 aliphatic heterocycles. The molecule has 0 radical (unpaired) electrons. The molecule has 0 rings (SSSR count). The normalized spacial score (nSPS) is 14.7. The van der Waals surface area contributed by atoms with Gasteiger partial charge in [0.25, 0.3) is 7.37 Å². The Labute approximate surface area is 90.8 Å². The zero-order valence-corrected chi connectivity index (χ0v) is 10.7. The van der Waals surface area contributed by atoms with Crippen LogP contribution in [0.3, 0.4) is 0 Å². The highest BCUT2D eigenvalue weighted by Crippen LogP contribution is 2.44. The third-order valence-electron chi connectivity index (χ3n) is 1.46. The smallest absolute Gasteiger partial charge is 0.316 e. The van der Waals surface area contributed by atoms with Crippen molar-refractivity contribution in [2.24, 2.45) is 5.41 Å². The molecule has 0 aliphatic carbocycles. The Balaban J connectivity index is 4.79. The van der Waals surface area contributed by atoms with E-state index in [1.165, 1.54) is 14.2 Å². The Hall–Kier alpha value is -0.780. The summed E-state index contributed by atoms with van der Waals surface area (Å²) in [5.74, 6) is 2.22.